The van der Waals surface area contributed by atoms with Gasteiger partial charge in [-0.1, -0.05) is 6.58 Å². The zero-order chi connectivity index (χ0) is 15.1. The van der Waals surface area contributed by atoms with Crippen molar-refractivity contribution in [2.24, 2.45) is 7.05 Å². The summed E-state index contributed by atoms with van der Waals surface area (Å²) in [5.41, 5.74) is 4.88. The molecule has 0 aliphatic heterocycles. The molecule has 3 aromatic rings. The van der Waals surface area contributed by atoms with E-state index in [9.17, 15) is 5.11 Å². The number of benzene rings is 1. The molecule has 0 aliphatic carbocycles. The van der Waals surface area contributed by atoms with Crippen molar-refractivity contribution in [3.8, 4) is 17.3 Å². The summed E-state index contributed by atoms with van der Waals surface area (Å²) in [4.78, 5) is 7.79. The van der Waals surface area contributed by atoms with Gasteiger partial charge in [0.05, 0.1) is 16.9 Å². The first-order valence-corrected chi connectivity index (χ1v) is 6.73. The van der Waals surface area contributed by atoms with Crippen LogP contribution in [-0.2, 0) is 7.05 Å². The van der Waals surface area contributed by atoms with Crippen molar-refractivity contribution < 1.29 is 5.11 Å². The monoisotopic (exact) mass is 282 g/mol. The lowest BCUT2D eigenvalue weighted by molar-refractivity contribution is 0.479. The maximum absolute atomic E-state index is 10.3. The number of aromatic nitrogens is 3. The molecule has 108 valence electrons. The molecule has 2 heterocycles. The van der Waals surface area contributed by atoms with E-state index in [2.05, 4.69) is 21.9 Å². The van der Waals surface area contributed by atoms with Crippen LogP contribution in [0.25, 0.3) is 28.1 Å². The molecule has 0 amide bonds. The molecule has 3 N–H and O–H groups in total. The fraction of sp³-hybridized carbons (Fsp3) is 0.188. The Morgan fingerprint density at radius 3 is 2.81 bits per heavy atom. The van der Waals surface area contributed by atoms with Gasteiger partial charge in [-0.25, -0.2) is 4.98 Å². The number of fused-ring (bicyclic) bond motifs is 1. The number of aromatic amines is 1. The minimum atomic E-state index is 0.172. The third-order valence-corrected chi connectivity index (χ3v) is 3.62. The van der Waals surface area contributed by atoms with Gasteiger partial charge in [0.15, 0.2) is 11.6 Å². The number of nitrogens with zero attached hydrogens (tertiary/aromatic N) is 2. The van der Waals surface area contributed by atoms with Gasteiger partial charge in [0, 0.05) is 25.9 Å². The van der Waals surface area contributed by atoms with E-state index in [1.165, 1.54) is 0 Å². The highest BCUT2D eigenvalue weighted by Gasteiger charge is 2.14. The molecule has 0 bridgehead atoms. The first-order chi connectivity index (χ1) is 10.0. The van der Waals surface area contributed by atoms with Crippen molar-refractivity contribution in [2.45, 2.75) is 6.92 Å². The Bertz CT molecular complexity index is 841. The first-order valence-electron chi connectivity index (χ1n) is 6.73. The molecule has 0 unspecified atom stereocenters. The third-order valence-electron chi connectivity index (χ3n) is 3.62. The summed E-state index contributed by atoms with van der Waals surface area (Å²) in [6.07, 6.45) is 1.99. The number of hydrogen-bond acceptors (Lipinski definition) is 3. The highest BCUT2D eigenvalue weighted by Crippen LogP contribution is 2.33. The molecule has 21 heavy (non-hydrogen) atoms. The number of aromatic hydroxyl groups is 1. The van der Waals surface area contributed by atoms with E-state index in [1.807, 2.05) is 50.0 Å². The molecule has 5 nitrogen and oxygen atoms in total. The van der Waals surface area contributed by atoms with Crippen LogP contribution < -0.4 is 5.32 Å². The van der Waals surface area contributed by atoms with Crippen molar-refractivity contribution in [3.63, 3.8) is 0 Å². The van der Waals surface area contributed by atoms with Gasteiger partial charge in [-0.15, -0.1) is 0 Å². The van der Waals surface area contributed by atoms with Crippen LogP contribution in [0.4, 0.5) is 5.69 Å². The molecule has 0 aliphatic rings. The maximum Gasteiger partial charge on any atom is 0.155 e. The van der Waals surface area contributed by atoms with Gasteiger partial charge in [-0.05, 0) is 30.7 Å². The second-order valence-electron chi connectivity index (χ2n) is 5.20. The number of rotatable bonds is 3. The van der Waals surface area contributed by atoms with Crippen LogP contribution in [0.2, 0.25) is 0 Å². The summed E-state index contributed by atoms with van der Waals surface area (Å²) < 4.78 is 1.99. The normalized spacial score (nSPS) is 11.0. The van der Waals surface area contributed by atoms with E-state index < -0.39 is 0 Å². The van der Waals surface area contributed by atoms with Gasteiger partial charge in [0.25, 0.3) is 0 Å². The Labute approximate surface area is 122 Å². The van der Waals surface area contributed by atoms with Gasteiger partial charge >= 0.3 is 0 Å². The molecule has 3 rings (SSSR count). The second kappa shape index (κ2) is 4.70. The average Bonchev–Trinajstić information content (AvgIpc) is 3.02. The first kappa shape index (κ1) is 13.3. The Morgan fingerprint density at radius 2 is 2.19 bits per heavy atom. The number of phenolic OH excluding ortho intramolecular Hbond substituents is 1. The van der Waals surface area contributed by atoms with Gasteiger partial charge in [-0.3, -0.25) is 0 Å². The Morgan fingerprint density at radius 1 is 1.43 bits per heavy atom. The van der Waals surface area contributed by atoms with Crippen molar-refractivity contribution in [1.82, 2.24) is 14.5 Å². The van der Waals surface area contributed by atoms with Crippen molar-refractivity contribution in [3.05, 3.63) is 36.5 Å². The van der Waals surface area contributed by atoms with E-state index >= 15 is 0 Å². The van der Waals surface area contributed by atoms with E-state index in [4.69, 9.17) is 0 Å². The van der Waals surface area contributed by atoms with Gasteiger partial charge < -0.3 is 20.0 Å². The summed E-state index contributed by atoms with van der Waals surface area (Å²) in [7, 11) is 3.84. The molecule has 0 atom stereocenters. The molecule has 0 radical (unpaired) electrons. The van der Waals surface area contributed by atoms with Gasteiger partial charge in [0.2, 0.25) is 0 Å². The number of nitrogens with one attached hydrogen (secondary N) is 2. The minimum absolute atomic E-state index is 0.172. The summed E-state index contributed by atoms with van der Waals surface area (Å²) in [5.74, 6) is 0.897. The fourth-order valence-corrected chi connectivity index (χ4v) is 2.46. The van der Waals surface area contributed by atoms with Gasteiger partial charge in [0.1, 0.15) is 5.52 Å². The molecule has 2 aromatic heterocycles. The number of phenols is 1. The van der Waals surface area contributed by atoms with Crippen LogP contribution in [0.3, 0.4) is 0 Å². The standard InChI is InChI=1S/C16H18N4O/c1-9(2)11-5-6-12-14(15(11)21)19-16(18-12)13-7-10(17-3)8-20(13)4/h5-8,17,21H,1H2,2-4H3,(H,18,19). The number of hydrogen-bond donors (Lipinski definition) is 3. The molecule has 0 saturated carbocycles. The molecular weight excluding hydrogens is 264 g/mol. The van der Waals surface area contributed by atoms with Crippen LogP contribution in [0.5, 0.6) is 5.75 Å². The van der Waals surface area contributed by atoms with Crippen molar-refractivity contribution in [2.75, 3.05) is 12.4 Å². The highest BCUT2D eigenvalue weighted by atomic mass is 16.3. The molecule has 0 spiro atoms. The van der Waals surface area contributed by atoms with Crippen LogP contribution in [0.15, 0.2) is 31.0 Å². The molecule has 1 aromatic carbocycles. The lowest BCUT2D eigenvalue weighted by atomic mass is 10.1. The van der Waals surface area contributed by atoms with Gasteiger partial charge in [-0.2, -0.15) is 0 Å². The Balaban J connectivity index is 2.19. The van der Waals surface area contributed by atoms with Crippen LogP contribution in [-0.4, -0.2) is 26.7 Å². The largest absolute Gasteiger partial charge is 0.505 e. The summed E-state index contributed by atoms with van der Waals surface area (Å²) in [5, 5.41) is 13.4. The highest BCUT2D eigenvalue weighted by molar-refractivity contribution is 5.89. The molecule has 5 heteroatoms. The minimum Gasteiger partial charge on any atom is -0.505 e. The predicted octanol–water partition coefficient (Wildman–Crippen LogP) is 3.35. The van der Waals surface area contributed by atoms with Crippen LogP contribution in [0, 0.1) is 0 Å². The topological polar surface area (TPSA) is 65.9 Å². The molecule has 0 fully saturated rings. The van der Waals surface area contributed by atoms with Crippen molar-refractivity contribution >= 4 is 22.3 Å². The maximum atomic E-state index is 10.3. The van der Waals surface area contributed by atoms with Crippen LogP contribution in [0.1, 0.15) is 12.5 Å². The number of allylic oxidation sites excluding steroid dienone is 1. The Hall–Kier alpha value is -2.69. The van der Waals surface area contributed by atoms with E-state index in [0.717, 1.165) is 33.9 Å². The van der Waals surface area contributed by atoms with Crippen LogP contribution >= 0.6 is 0 Å². The van der Waals surface area contributed by atoms with Crippen molar-refractivity contribution in [1.29, 1.82) is 0 Å². The lowest BCUT2D eigenvalue weighted by Gasteiger charge is -2.02. The van der Waals surface area contributed by atoms with E-state index in [1.54, 1.807) is 0 Å². The smallest absolute Gasteiger partial charge is 0.155 e. The summed E-state index contributed by atoms with van der Waals surface area (Å²) >= 11 is 0. The second-order valence-corrected chi connectivity index (χ2v) is 5.20. The zero-order valence-electron chi connectivity index (χ0n) is 12.4. The number of imidazole rings is 1. The summed E-state index contributed by atoms with van der Waals surface area (Å²) in [6, 6.07) is 5.78. The third kappa shape index (κ3) is 2.07. The lowest BCUT2D eigenvalue weighted by Crippen LogP contribution is -1.90. The zero-order valence-corrected chi connectivity index (χ0v) is 12.4. The molecule has 0 saturated heterocycles. The van der Waals surface area contributed by atoms with E-state index in [0.29, 0.717) is 5.52 Å². The number of H-pyrrole nitrogens is 1. The predicted molar refractivity (Wildman–Crippen MR) is 86.4 cm³/mol. The Kier molecular flexibility index (Phi) is 2.97. The quantitative estimate of drug-likeness (QED) is 0.690. The number of aryl methyl sites for hydroxylation is 1. The number of anilines is 1. The fourth-order valence-electron chi connectivity index (χ4n) is 2.46. The molecular formula is C16H18N4O. The summed E-state index contributed by atoms with van der Waals surface area (Å²) in [6.45, 7) is 5.74. The SMILES string of the molecule is C=C(C)c1ccc2[nH]c(-c3cc(NC)cn3C)nc2c1O. The average molecular weight is 282 g/mol. The van der Waals surface area contributed by atoms with E-state index in [-0.39, 0.29) is 5.75 Å².